The SMILES string of the molecule is CCCCC/C=C\C/C=C\C/C=C\C/C=C\CCCC(=O)OC[C@H](COP(=O)(O)OC[C@@H](O)COP(=O)(O)OC[C@@H](COC(=O)CCCCCCC/C=C\C=C/CCCCCC)OC(=O)CCC/C=C\C/C=C\C/C=C\C/C=C\CCCCC)OC(=O)CCC/C=C\C/C=C\C/C=C\C/C=C\CCCCC. The number of hydrogen-bond acceptors (Lipinski definition) is 15. The van der Waals surface area contributed by atoms with Crippen molar-refractivity contribution in [3.8, 4) is 0 Å². The number of rotatable bonds is 74. The Balaban J connectivity index is 5.55. The average molecular weight is 1520 g/mol. The number of carbonyl (C=O) groups excluding carboxylic acids is 4. The van der Waals surface area contributed by atoms with Gasteiger partial charge in [-0.25, -0.2) is 9.13 Å². The predicted octanol–water partition coefficient (Wildman–Crippen LogP) is 23.8. The van der Waals surface area contributed by atoms with Gasteiger partial charge in [0.05, 0.1) is 26.4 Å². The molecule has 0 aromatic carbocycles. The third-order valence-corrected chi connectivity index (χ3v) is 18.1. The van der Waals surface area contributed by atoms with Gasteiger partial charge in [0, 0.05) is 25.7 Å². The van der Waals surface area contributed by atoms with Crippen molar-refractivity contribution in [1.82, 2.24) is 0 Å². The van der Waals surface area contributed by atoms with Gasteiger partial charge in [-0.05, 0) is 167 Å². The van der Waals surface area contributed by atoms with Crippen LogP contribution in [0.15, 0.2) is 170 Å². The fourth-order valence-electron chi connectivity index (χ4n) is 9.95. The van der Waals surface area contributed by atoms with Crippen molar-refractivity contribution < 1.29 is 80.2 Å². The number of ether oxygens (including phenoxy) is 4. The van der Waals surface area contributed by atoms with E-state index < -0.39 is 97.5 Å². The minimum atomic E-state index is -5.02. The summed E-state index contributed by atoms with van der Waals surface area (Å²) in [6.45, 7) is 4.55. The molecular formula is C87H142O17P2. The highest BCUT2D eigenvalue weighted by Crippen LogP contribution is 2.45. The van der Waals surface area contributed by atoms with Crippen molar-refractivity contribution in [2.45, 2.75) is 316 Å². The van der Waals surface area contributed by atoms with Gasteiger partial charge < -0.3 is 33.8 Å². The van der Waals surface area contributed by atoms with E-state index in [4.69, 9.17) is 37.0 Å². The van der Waals surface area contributed by atoms with Crippen LogP contribution in [-0.4, -0.2) is 96.7 Å². The Kier molecular flexibility index (Phi) is 73.5. The second-order valence-corrected chi connectivity index (χ2v) is 29.2. The van der Waals surface area contributed by atoms with Crippen LogP contribution in [0.4, 0.5) is 0 Å². The van der Waals surface area contributed by atoms with Gasteiger partial charge in [0.15, 0.2) is 12.2 Å². The normalized spacial score (nSPS) is 14.7. The fourth-order valence-corrected chi connectivity index (χ4v) is 11.5. The van der Waals surface area contributed by atoms with Crippen LogP contribution >= 0.6 is 15.6 Å². The Morgan fingerprint density at radius 3 is 0.821 bits per heavy atom. The summed E-state index contributed by atoms with van der Waals surface area (Å²) in [5.74, 6) is -2.40. The van der Waals surface area contributed by atoms with E-state index in [0.717, 1.165) is 116 Å². The third kappa shape index (κ3) is 76.6. The van der Waals surface area contributed by atoms with Crippen molar-refractivity contribution in [2.75, 3.05) is 39.6 Å². The number of esters is 4. The minimum absolute atomic E-state index is 0.000344. The first-order chi connectivity index (χ1) is 51.7. The van der Waals surface area contributed by atoms with Crippen LogP contribution in [-0.2, 0) is 65.4 Å². The van der Waals surface area contributed by atoms with E-state index in [9.17, 15) is 43.2 Å². The van der Waals surface area contributed by atoms with Crippen LogP contribution in [0.25, 0.3) is 0 Å². The van der Waals surface area contributed by atoms with Crippen molar-refractivity contribution in [3.63, 3.8) is 0 Å². The van der Waals surface area contributed by atoms with E-state index in [2.05, 4.69) is 161 Å². The molecule has 0 fully saturated rings. The number of phosphoric ester groups is 2. The van der Waals surface area contributed by atoms with Gasteiger partial charge in [0.25, 0.3) is 0 Å². The topological polar surface area (TPSA) is 237 Å². The smallest absolute Gasteiger partial charge is 0.462 e. The number of unbranched alkanes of at least 4 members (excludes halogenated alkanes) is 21. The molecule has 0 saturated heterocycles. The molecule has 0 spiro atoms. The summed E-state index contributed by atoms with van der Waals surface area (Å²) >= 11 is 0. The van der Waals surface area contributed by atoms with E-state index in [0.29, 0.717) is 44.9 Å². The Hall–Kier alpha value is -5.58. The standard InChI is InChI=1S/C87H142O17P2/c1-5-9-13-17-21-25-29-33-37-40-44-48-52-56-60-64-68-72-85(90)98-78-83(104-87(92)74-70-66-62-58-54-50-46-42-39-35-31-27-23-19-15-11-7-3)80-102-106(95,96)100-76-81(88)75-99-105(93,94)101-79-82(77-97-84(89)71-67-63-59-55-51-47-43-36-32-28-24-20-16-12-8-4)103-86(91)73-69-65-61-57-53-49-45-41-38-34-30-26-22-18-14-10-6-2/h21-23,25-28,32-39,43-46,48-50,56-58,60-62,81-83,88H,5-20,24,29-31,40-42,47,51-55,59,63-80H2,1-4H3,(H,93,94)(H,95,96)/b25-21-,26-22-,27-23-,32-28-,37-33-,38-34-,39-35-,43-36-,48-44-,49-45-,50-46-,60-56-,61-57-,62-58-/t81-,82+,83+/m0/s1. The Morgan fingerprint density at radius 1 is 0.274 bits per heavy atom. The van der Waals surface area contributed by atoms with Crippen LogP contribution in [0.3, 0.4) is 0 Å². The summed E-state index contributed by atoms with van der Waals surface area (Å²) in [5.41, 5.74) is 0. The van der Waals surface area contributed by atoms with E-state index in [1.807, 2.05) is 36.5 Å². The predicted molar refractivity (Wildman–Crippen MR) is 436 cm³/mol. The van der Waals surface area contributed by atoms with Crippen molar-refractivity contribution in [2.24, 2.45) is 0 Å². The minimum Gasteiger partial charge on any atom is -0.462 e. The summed E-state index contributed by atoms with van der Waals surface area (Å²) in [5, 5.41) is 10.6. The first-order valence-corrected chi connectivity index (χ1v) is 43.4. The van der Waals surface area contributed by atoms with Crippen LogP contribution in [0.5, 0.6) is 0 Å². The molecule has 0 heterocycles. The van der Waals surface area contributed by atoms with Gasteiger partial charge in [0.1, 0.15) is 19.3 Å². The largest absolute Gasteiger partial charge is 0.472 e. The molecule has 0 aliphatic rings. The van der Waals surface area contributed by atoms with Gasteiger partial charge in [0.2, 0.25) is 0 Å². The molecule has 602 valence electrons. The maximum atomic E-state index is 13.1. The van der Waals surface area contributed by atoms with E-state index >= 15 is 0 Å². The zero-order chi connectivity index (χ0) is 77.4. The number of allylic oxidation sites excluding steroid dienone is 28. The highest BCUT2D eigenvalue weighted by Gasteiger charge is 2.30. The zero-order valence-electron chi connectivity index (χ0n) is 65.8. The lowest BCUT2D eigenvalue weighted by molar-refractivity contribution is -0.161. The molecular weight excluding hydrogens is 1380 g/mol. The van der Waals surface area contributed by atoms with Crippen molar-refractivity contribution >= 4 is 39.5 Å². The number of aliphatic hydroxyl groups excluding tert-OH is 1. The van der Waals surface area contributed by atoms with Gasteiger partial charge >= 0.3 is 39.5 Å². The monoisotopic (exact) mass is 1520 g/mol. The molecule has 19 heteroatoms. The second-order valence-electron chi connectivity index (χ2n) is 26.3. The molecule has 5 atom stereocenters. The second kappa shape index (κ2) is 77.6. The quantitative estimate of drug-likeness (QED) is 0.0128. The molecule has 0 radical (unpaired) electrons. The molecule has 0 saturated carbocycles. The highest BCUT2D eigenvalue weighted by atomic mass is 31.2. The van der Waals surface area contributed by atoms with E-state index in [1.54, 1.807) is 0 Å². The zero-order valence-corrected chi connectivity index (χ0v) is 67.6. The molecule has 0 aliphatic heterocycles. The van der Waals surface area contributed by atoms with E-state index in [-0.39, 0.29) is 25.7 Å². The third-order valence-electron chi connectivity index (χ3n) is 16.2. The van der Waals surface area contributed by atoms with E-state index in [1.165, 1.54) is 83.5 Å². The lowest BCUT2D eigenvalue weighted by Gasteiger charge is -2.21. The number of phosphoric acid groups is 2. The number of carbonyl (C=O) groups is 4. The van der Waals surface area contributed by atoms with Gasteiger partial charge in [-0.3, -0.25) is 37.3 Å². The first-order valence-electron chi connectivity index (χ1n) is 40.4. The van der Waals surface area contributed by atoms with Crippen LogP contribution in [0, 0.1) is 0 Å². The maximum absolute atomic E-state index is 13.1. The Morgan fingerprint density at radius 2 is 0.500 bits per heavy atom. The molecule has 0 bridgehead atoms. The maximum Gasteiger partial charge on any atom is 0.472 e. The molecule has 0 amide bonds. The summed E-state index contributed by atoms with van der Waals surface area (Å²) in [6.07, 6.45) is 92.1. The molecule has 0 aromatic rings. The molecule has 0 aromatic heterocycles. The average Bonchev–Trinajstić information content (AvgIpc) is 0.905. The van der Waals surface area contributed by atoms with Crippen molar-refractivity contribution in [3.05, 3.63) is 170 Å². The van der Waals surface area contributed by atoms with Crippen LogP contribution in [0.2, 0.25) is 0 Å². The van der Waals surface area contributed by atoms with Gasteiger partial charge in [-0.15, -0.1) is 0 Å². The lowest BCUT2D eigenvalue weighted by Crippen LogP contribution is -2.30. The highest BCUT2D eigenvalue weighted by molar-refractivity contribution is 7.47. The summed E-state index contributed by atoms with van der Waals surface area (Å²) in [4.78, 5) is 73.0. The van der Waals surface area contributed by atoms with Gasteiger partial charge in [-0.1, -0.05) is 275 Å². The first kappa shape index (κ1) is 100. The number of aliphatic hydroxyl groups is 1. The summed E-state index contributed by atoms with van der Waals surface area (Å²) < 4.78 is 68.4. The van der Waals surface area contributed by atoms with Crippen molar-refractivity contribution in [1.29, 1.82) is 0 Å². The summed E-state index contributed by atoms with van der Waals surface area (Å²) in [6, 6.07) is 0. The molecule has 106 heavy (non-hydrogen) atoms. The lowest BCUT2D eigenvalue weighted by atomic mass is 10.1. The Bertz CT molecular complexity index is 2680. The van der Waals surface area contributed by atoms with Crippen LogP contribution < -0.4 is 0 Å². The molecule has 0 aliphatic carbocycles. The Labute approximate surface area is 642 Å². The van der Waals surface area contributed by atoms with Crippen LogP contribution in [0.1, 0.15) is 297 Å². The van der Waals surface area contributed by atoms with Gasteiger partial charge in [-0.2, -0.15) is 0 Å². The summed E-state index contributed by atoms with van der Waals surface area (Å²) in [7, 11) is -10.0. The molecule has 0 rings (SSSR count). The fraction of sp³-hybridized carbons (Fsp3) is 0.632. The molecule has 2 unspecified atom stereocenters. The molecule has 17 nitrogen and oxygen atoms in total. The number of hydrogen-bond donors (Lipinski definition) is 3. The molecule has 3 N–H and O–H groups in total.